The van der Waals surface area contributed by atoms with Gasteiger partial charge in [-0.15, -0.1) is 0 Å². The molecule has 3 N–H and O–H groups in total. The Bertz CT molecular complexity index is 745. The van der Waals surface area contributed by atoms with E-state index < -0.39 is 11.9 Å². The van der Waals surface area contributed by atoms with Crippen LogP contribution in [0.3, 0.4) is 0 Å². The summed E-state index contributed by atoms with van der Waals surface area (Å²) in [5.41, 5.74) is 8.57. The molecule has 3 rings (SSSR count). The topological polar surface area (TPSA) is 64.3 Å². The Hall–Kier alpha value is -2.40. The predicted octanol–water partition coefficient (Wildman–Crippen LogP) is 2.94. The lowest BCUT2D eigenvalue weighted by atomic mass is 9.93. The number of carbonyl (C=O) groups is 1. The Labute approximate surface area is 128 Å². The summed E-state index contributed by atoms with van der Waals surface area (Å²) < 4.78 is 19.6. The van der Waals surface area contributed by atoms with Crippen LogP contribution in [0, 0.1) is 5.82 Å². The van der Waals surface area contributed by atoms with Crippen LogP contribution in [0.4, 0.5) is 10.1 Å². The summed E-state index contributed by atoms with van der Waals surface area (Å²) in [5, 5.41) is 2.56. The van der Waals surface area contributed by atoms with Gasteiger partial charge in [-0.2, -0.15) is 0 Å². The average molecular weight is 300 g/mol. The standard InChI is InChI=1S/C17H17FN2O2/c1-9-12-7-10(8-13(18)16(12)20-17(9)21)15(19)11-5-3-4-6-14(11)22-2/h3-9,15H,19H2,1-2H3,(H,20,21). The fourth-order valence-corrected chi connectivity index (χ4v) is 2.78. The summed E-state index contributed by atoms with van der Waals surface area (Å²) in [6.07, 6.45) is 0. The fourth-order valence-electron chi connectivity index (χ4n) is 2.78. The molecule has 0 bridgehead atoms. The molecule has 4 nitrogen and oxygen atoms in total. The zero-order valence-electron chi connectivity index (χ0n) is 12.4. The lowest BCUT2D eigenvalue weighted by Crippen LogP contribution is -2.14. The van der Waals surface area contributed by atoms with E-state index in [4.69, 9.17) is 10.5 Å². The first-order valence-electron chi connectivity index (χ1n) is 7.05. The van der Waals surface area contributed by atoms with Crippen molar-refractivity contribution in [3.8, 4) is 5.75 Å². The number of para-hydroxylation sites is 1. The number of halogens is 1. The summed E-state index contributed by atoms with van der Waals surface area (Å²) in [5.74, 6) is -0.389. The quantitative estimate of drug-likeness (QED) is 0.916. The number of rotatable bonds is 3. The van der Waals surface area contributed by atoms with E-state index in [0.29, 0.717) is 16.9 Å². The van der Waals surface area contributed by atoms with Gasteiger partial charge in [0, 0.05) is 5.56 Å². The van der Waals surface area contributed by atoms with E-state index in [2.05, 4.69) is 5.32 Å². The van der Waals surface area contributed by atoms with Gasteiger partial charge in [-0.1, -0.05) is 24.3 Å². The number of methoxy groups -OCH3 is 1. The minimum Gasteiger partial charge on any atom is -0.496 e. The molecule has 5 heteroatoms. The van der Waals surface area contributed by atoms with Crippen LogP contribution in [0.1, 0.15) is 35.6 Å². The monoisotopic (exact) mass is 300 g/mol. The molecule has 0 aromatic heterocycles. The number of hydrogen-bond acceptors (Lipinski definition) is 3. The Morgan fingerprint density at radius 3 is 2.77 bits per heavy atom. The molecule has 2 aromatic rings. The molecule has 2 atom stereocenters. The van der Waals surface area contributed by atoms with Gasteiger partial charge in [0.25, 0.3) is 0 Å². The third kappa shape index (κ3) is 2.23. The van der Waals surface area contributed by atoms with E-state index in [0.717, 1.165) is 5.56 Å². The van der Waals surface area contributed by atoms with Crippen LogP contribution in [0.15, 0.2) is 36.4 Å². The minimum absolute atomic E-state index is 0.197. The first kappa shape index (κ1) is 14.5. The maximum Gasteiger partial charge on any atom is 0.231 e. The summed E-state index contributed by atoms with van der Waals surface area (Å²) >= 11 is 0. The van der Waals surface area contributed by atoms with Gasteiger partial charge >= 0.3 is 0 Å². The molecule has 2 unspecified atom stereocenters. The summed E-state index contributed by atoms with van der Waals surface area (Å²) in [6, 6.07) is 10.00. The van der Waals surface area contributed by atoms with Crippen LogP contribution < -0.4 is 15.8 Å². The van der Waals surface area contributed by atoms with Crippen LogP contribution in [0.5, 0.6) is 5.75 Å². The number of carbonyl (C=O) groups excluding carboxylic acids is 1. The lowest BCUT2D eigenvalue weighted by Gasteiger charge is -2.17. The zero-order valence-corrected chi connectivity index (χ0v) is 12.4. The van der Waals surface area contributed by atoms with Gasteiger partial charge < -0.3 is 15.8 Å². The normalized spacial score (nSPS) is 17.8. The Kier molecular flexibility index (Phi) is 3.58. The first-order valence-corrected chi connectivity index (χ1v) is 7.05. The van der Waals surface area contributed by atoms with Crippen LogP contribution in [0.25, 0.3) is 0 Å². The van der Waals surface area contributed by atoms with Crippen LogP contribution in [-0.2, 0) is 4.79 Å². The number of nitrogens with two attached hydrogens (primary N) is 1. The number of anilines is 1. The van der Waals surface area contributed by atoms with Crippen molar-refractivity contribution in [3.63, 3.8) is 0 Å². The second-order valence-electron chi connectivity index (χ2n) is 5.40. The highest BCUT2D eigenvalue weighted by Gasteiger charge is 2.30. The Balaban J connectivity index is 2.06. The largest absolute Gasteiger partial charge is 0.496 e. The molecule has 1 heterocycles. The second-order valence-corrected chi connectivity index (χ2v) is 5.40. The molecular weight excluding hydrogens is 283 g/mol. The number of hydrogen-bond donors (Lipinski definition) is 2. The maximum atomic E-state index is 14.3. The SMILES string of the molecule is COc1ccccc1C(N)c1cc(F)c2c(c1)C(C)C(=O)N2. The number of fused-ring (bicyclic) bond motifs is 1. The predicted molar refractivity (Wildman–Crippen MR) is 82.5 cm³/mol. The molecule has 22 heavy (non-hydrogen) atoms. The highest BCUT2D eigenvalue weighted by atomic mass is 19.1. The summed E-state index contributed by atoms with van der Waals surface area (Å²) in [4.78, 5) is 11.7. The smallest absolute Gasteiger partial charge is 0.231 e. The van der Waals surface area contributed by atoms with Crippen molar-refractivity contribution < 1.29 is 13.9 Å². The third-order valence-electron chi connectivity index (χ3n) is 4.08. The lowest BCUT2D eigenvalue weighted by molar-refractivity contribution is -0.116. The van der Waals surface area contributed by atoms with E-state index in [1.165, 1.54) is 6.07 Å². The molecule has 114 valence electrons. The molecule has 0 saturated heterocycles. The van der Waals surface area contributed by atoms with Gasteiger partial charge in [-0.05, 0) is 30.2 Å². The van der Waals surface area contributed by atoms with Crippen LogP contribution in [-0.4, -0.2) is 13.0 Å². The third-order valence-corrected chi connectivity index (χ3v) is 4.08. The van der Waals surface area contributed by atoms with Crippen molar-refractivity contribution in [1.82, 2.24) is 0 Å². The zero-order chi connectivity index (χ0) is 15.9. The molecule has 2 aromatic carbocycles. The van der Waals surface area contributed by atoms with Crippen LogP contribution in [0.2, 0.25) is 0 Å². The number of nitrogens with one attached hydrogen (secondary N) is 1. The van der Waals surface area contributed by atoms with Crippen molar-refractivity contribution in [2.45, 2.75) is 18.9 Å². The molecule has 0 aliphatic carbocycles. The first-order chi connectivity index (χ1) is 10.5. The van der Waals surface area contributed by atoms with Gasteiger partial charge in [0.1, 0.15) is 11.6 Å². The number of amides is 1. The van der Waals surface area contributed by atoms with E-state index >= 15 is 0 Å². The minimum atomic E-state index is -0.529. The number of benzene rings is 2. The Morgan fingerprint density at radius 1 is 1.32 bits per heavy atom. The second kappa shape index (κ2) is 5.42. The van der Waals surface area contributed by atoms with Gasteiger partial charge in [0.05, 0.1) is 24.8 Å². The fraction of sp³-hybridized carbons (Fsp3) is 0.235. The van der Waals surface area contributed by atoms with Crippen molar-refractivity contribution in [1.29, 1.82) is 0 Å². The molecule has 1 aliphatic rings. The van der Waals surface area contributed by atoms with Crippen molar-refractivity contribution in [2.75, 3.05) is 12.4 Å². The highest BCUT2D eigenvalue weighted by molar-refractivity contribution is 6.02. The van der Waals surface area contributed by atoms with Gasteiger partial charge in [-0.25, -0.2) is 4.39 Å². The molecule has 0 radical (unpaired) electrons. The molecule has 0 spiro atoms. The molecule has 0 saturated carbocycles. The highest BCUT2D eigenvalue weighted by Crippen LogP contribution is 2.38. The van der Waals surface area contributed by atoms with Crippen molar-refractivity contribution in [2.24, 2.45) is 5.73 Å². The van der Waals surface area contributed by atoms with E-state index in [-0.39, 0.29) is 17.5 Å². The maximum absolute atomic E-state index is 14.3. The Morgan fingerprint density at radius 2 is 2.05 bits per heavy atom. The van der Waals surface area contributed by atoms with Crippen molar-refractivity contribution >= 4 is 11.6 Å². The van der Waals surface area contributed by atoms with E-state index in [1.807, 2.05) is 24.3 Å². The van der Waals surface area contributed by atoms with E-state index in [1.54, 1.807) is 20.1 Å². The summed E-state index contributed by atoms with van der Waals surface area (Å²) in [6.45, 7) is 1.75. The van der Waals surface area contributed by atoms with Gasteiger partial charge in [-0.3, -0.25) is 4.79 Å². The molecule has 0 fully saturated rings. The van der Waals surface area contributed by atoms with Gasteiger partial charge in [0.15, 0.2) is 0 Å². The van der Waals surface area contributed by atoms with Crippen molar-refractivity contribution in [3.05, 3.63) is 58.9 Å². The van der Waals surface area contributed by atoms with E-state index in [9.17, 15) is 9.18 Å². The molecule has 1 amide bonds. The number of ether oxygens (including phenoxy) is 1. The molecule has 1 aliphatic heterocycles. The van der Waals surface area contributed by atoms with Gasteiger partial charge in [0.2, 0.25) is 5.91 Å². The summed E-state index contributed by atoms with van der Waals surface area (Å²) in [7, 11) is 1.57. The molecular formula is C17H17FN2O2. The average Bonchev–Trinajstić information content (AvgIpc) is 2.82. The van der Waals surface area contributed by atoms with Crippen LogP contribution >= 0.6 is 0 Å².